The number of esters is 1. The van der Waals surface area contributed by atoms with Crippen LogP contribution in [0.3, 0.4) is 0 Å². The third-order valence-electron chi connectivity index (χ3n) is 2.90. The average molecular weight is 286 g/mol. The van der Waals surface area contributed by atoms with Crippen molar-refractivity contribution >= 4 is 23.0 Å². The van der Waals surface area contributed by atoms with Crippen LogP contribution in [0.2, 0.25) is 0 Å². The standard InChI is InChI=1S/C16H18N2O3/c1-3-21-13-6-4-5-12(10-13)18-15-8-7-11(9-14(15)17)16(19)20-2/h4-10,18H,3,17H2,1-2H3. The van der Waals surface area contributed by atoms with Gasteiger partial charge in [0.05, 0.1) is 30.7 Å². The Balaban J connectivity index is 2.19. The van der Waals surface area contributed by atoms with Gasteiger partial charge in [-0.3, -0.25) is 0 Å². The summed E-state index contributed by atoms with van der Waals surface area (Å²) in [5.41, 5.74) is 8.43. The van der Waals surface area contributed by atoms with Crippen LogP contribution in [0.4, 0.5) is 17.1 Å². The minimum absolute atomic E-state index is 0.411. The first kappa shape index (κ1) is 14.7. The van der Waals surface area contributed by atoms with Crippen molar-refractivity contribution in [1.29, 1.82) is 0 Å². The lowest BCUT2D eigenvalue weighted by atomic mass is 10.1. The highest BCUT2D eigenvalue weighted by molar-refractivity contribution is 5.92. The predicted octanol–water partition coefficient (Wildman–Crippen LogP) is 3.20. The first-order valence-electron chi connectivity index (χ1n) is 6.61. The van der Waals surface area contributed by atoms with Gasteiger partial charge in [0.1, 0.15) is 5.75 Å². The zero-order valence-corrected chi connectivity index (χ0v) is 12.1. The van der Waals surface area contributed by atoms with E-state index in [9.17, 15) is 4.79 Å². The maximum Gasteiger partial charge on any atom is 0.337 e. The monoisotopic (exact) mass is 286 g/mol. The van der Waals surface area contributed by atoms with E-state index >= 15 is 0 Å². The van der Waals surface area contributed by atoms with Gasteiger partial charge in [-0.15, -0.1) is 0 Å². The molecule has 0 spiro atoms. The normalized spacial score (nSPS) is 10.0. The Hall–Kier alpha value is -2.69. The Morgan fingerprint density at radius 3 is 2.71 bits per heavy atom. The number of nitrogens with two attached hydrogens (primary N) is 1. The highest BCUT2D eigenvalue weighted by Crippen LogP contribution is 2.26. The van der Waals surface area contributed by atoms with Crippen molar-refractivity contribution in [1.82, 2.24) is 0 Å². The molecule has 0 atom stereocenters. The van der Waals surface area contributed by atoms with Gasteiger partial charge in [0, 0.05) is 11.8 Å². The number of rotatable bonds is 5. The quantitative estimate of drug-likeness (QED) is 0.652. The van der Waals surface area contributed by atoms with E-state index in [-0.39, 0.29) is 0 Å². The summed E-state index contributed by atoms with van der Waals surface area (Å²) in [4.78, 5) is 11.4. The fourth-order valence-corrected chi connectivity index (χ4v) is 1.91. The predicted molar refractivity (Wildman–Crippen MR) is 83.1 cm³/mol. The second-order valence-electron chi connectivity index (χ2n) is 4.38. The Morgan fingerprint density at radius 2 is 2.05 bits per heavy atom. The van der Waals surface area contributed by atoms with Crippen LogP contribution in [0, 0.1) is 0 Å². The first-order valence-corrected chi connectivity index (χ1v) is 6.61. The fraction of sp³-hybridized carbons (Fsp3) is 0.188. The molecule has 0 radical (unpaired) electrons. The molecule has 0 aliphatic carbocycles. The molecule has 0 heterocycles. The number of nitrogen functional groups attached to an aromatic ring is 1. The third-order valence-corrected chi connectivity index (χ3v) is 2.90. The van der Waals surface area contributed by atoms with Crippen molar-refractivity contribution in [2.75, 3.05) is 24.8 Å². The van der Waals surface area contributed by atoms with Gasteiger partial charge in [0.15, 0.2) is 0 Å². The zero-order chi connectivity index (χ0) is 15.2. The zero-order valence-electron chi connectivity index (χ0n) is 12.1. The van der Waals surface area contributed by atoms with Crippen molar-refractivity contribution in [3.63, 3.8) is 0 Å². The molecule has 0 saturated heterocycles. The van der Waals surface area contributed by atoms with Gasteiger partial charge in [0.25, 0.3) is 0 Å². The van der Waals surface area contributed by atoms with Crippen molar-refractivity contribution < 1.29 is 14.3 Å². The molecule has 3 N–H and O–H groups in total. The minimum atomic E-state index is -0.411. The minimum Gasteiger partial charge on any atom is -0.494 e. The van der Waals surface area contributed by atoms with Crippen LogP contribution in [0.1, 0.15) is 17.3 Å². The highest BCUT2D eigenvalue weighted by atomic mass is 16.5. The smallest absolute Gasteiger partial charge is 0.337 e. The number of hydrogen-bond donors (Lipinski definition) is 2. The van der Waals surface area contributed by atoms with Gasteiger partial charge in [-0.1, -0.05) is 6.07 Å². The molecule has 0 unspecified atom stereocenters. The van der Waals surface area contributed by atoms with E-state index in [4.69, 9.17) is 10.5 Å². The summed E-state index contributed by atoms with van der Waals surface area (Å²) in [7, 11) is 1.34. The summed E-state index contributed by atoms with van der Waals surface area (Å²) in [6, 6.07) is 12.6. The van der Waals surface area contributed by atoms with Gasteiger partial charge in [0.2, 0.25) is 0 Å². The summed E-state index contributed by atoms with van der Waals surface area (Å²) in [6.45, 7) is 2.54. The highest BCUT2D eigenvalue weighted by Gasteiger charge is 2.08. The SMILES string of the molecule is CCOc1cccc(Nc2ccc(C(=O)OC)cc2N)c1. The van der Waals surface area contributed by atoms with E-state index in [1.165, 1.54) is 7.11 Å². The number of hydrogen-bond acceptors (Lipinski definition) is 5. The molecule has 5 nitrogen and oxygen atoms in total. The molecule has 2 rings (SSSR count). The summed E-state index contributed by atoms with van der Waals surface area (Å²) >= 11 is 0. The third kappa shape index (κ3) is 3.66. The number of ether oxygens (including phenoxy) is 2. The molecule has 0 amide bonds. The van der Waals surface area contributed by atoms with E-state index in [0.717, 1.165) is 17.1 Å². The topological polar surface area (TPSA) is 73.6 Å². The van der Waals surface area contributed by atoms with Crippen LogP contribution in [0.25, 0.3) is 0 Å². The Morgan fingerprint density at radius 1 is 1.24 bits per heavy atom. The molecule has 0 aliphatic rings. The molecule has 0 aromatic heterocycles. The van der Waals surface area contributed by atoms with Crippen LogP contribution in [-0.2, 0) is 4.74 Å². The van der Waals surface area contributed by atoms with Crippen LogP contribution >= 0.6 is 0 Å². The first-order chi connectivity index (χ1) is 10.1. The van der Waals surface area contributed by atoms with Gasteiger partial charge in [-0.2, -0.15) is 0 Å². The van der Waals surface area contributed by atoms with Crippen molar-refractivity contribution in [2.24, 2.45) is 0 Å². The Kier molecular flexibility index (Phi) is 4.66. The maximum atomic E-state index is 11.4. The van der Waals surface area contributed by atoms with E-state index in [0.29, 0.717) is 17.9 Å². The van der Waals surface area contributed by atoms with Crippen LogP contribution in [0.15, 0.2) is 42.5 Å². The number of benzene rings is 2. The lowest BCUT2D eigenvalue weighted by Crippen LogP contribution is -2.04. The molecule has 0 fully saturated rings. The van der Waals surface area contributed by atoms with Gasteiger partial charge in [-0.05, 0) is 37.3 Å². The number of nitrogens with one attached hydrogen (secondary N) is 1. The summed E-state index contributed by atoms with van der Waals surface area (Å²) in [6.07, 6.45) is 0. The van der Waals surface area contributed by atoms with Gasteiger partial charge in [-0.25, -0.2) is 4.79 Å². The summed E-state index contributed by atoms with van der Waals surface area (Å²) < 4.78 is 10.1. The van der Waals surface area contributed by atoms with E-state index in [1.54, 1.807) is 18.2 Å². The van der Waals surface area contributed by atoms with E-state index < -0.39 is 5.97 Å². The van der Waals surface area contributed by atoms with Crippen molar-refractivity contribution in [2.45, 2.75) is 6.92 Å². The van der Waals surface area contributed by atoms with Crippen LogP contribution in [0.5, 0.6) is 5.75 Å². The molecule has 2 aromatic carbocycles. The molecule has 110 valence electrons. The molecule has 0 aliphatic heterocycles. The van der Waals surface area contributed by atoms with E-state index in [2.05, 4.69) is 10.1 Å². The molecule has 2 aromatic rings. The van der Waals surface area contributed by atoms with Crippen molar-refractivity contribution in [3.05, 3.63) is 48.0 Å². The van der Waals surface area contributed by atoms with E-state index in [1.807, 2.05) is 31.2 Å². The van der Waals surface area contributed by atoms with Gasteiger partial charge < -0.3 is 20.5 Å². The van der Waals surface area contributed by atoms with Gasteiger partial charge >= 0.3 is 5.97 Å². The molecule has 0 saturated carbocycles. The van der Waals surface area contributed by atoms with Crippen LogP contribution in [-0.4, -0.2) is 19.7 Å². The molecular formula is C16H18N2O3. The number of anilines is 3. The molecular weight excluding hydrogens is 268 g/mol. The van der Waals surface area contributed by atoms with Crippen LogP contribution < -0.4 is 15.8 Å². The second-order valence-corrected chi connectivity index (χ2v) is 4.38. The Bertz CT molecular complexity index is 641. The summed E-state index contributed by atoms with van der Waals surface area (Å²) in [5.74, 6) is 0.374. The summed E-state index contributed by atoms with van der Waals surface area (Å²) in [5, 5.41) is 3.20. The Labute approximate surface area is 123 Å². The fourth-order valence-electron chi connectivity index (χ4n) is 1.91. The molecule has 0 bridgehead atoms. The number of carbonyl (C=O) groups is 1. The lowest BCUT2D eigenvalue weighted by molar-refractivity contribution is 0.0601. The largest absolute Gasteiger partial charge is 0.494 e. The number of methoxy groups -OCH3 is 1. The average Bonchev–Trinajstić information content (AvgIpc) is 2.49. The molecule has 21 heavy (non-hydrogen) atoms. The number of carbonyl (C=O) groups excluding carboxylic acids is 1. The lowest BCUT2D eigenvalue weighted by Gasteiger charge is -2.11. The van der Waals surface area contributed by atoms with Crippen molar-refractivity contribution in [3.8, 4) is 5.75 Å². The second kappa shape index (κ2) is 6.65. The maximum absolute atomic E-state index is 11.4. The molecule has 5 heteroatoms.